The fourth-order valence-electron chi connectivity index (χ4n) is 1.35. The molecule has 1 heterocycles. The maximum Gasteiger partial charge on any atom is 0.204 e. The maximum atomic E-state index is 12.0. The van der Waals surface area contributed by atoms with E-state index in [1.807, 2.05) is 36.6 Å². The number of benzene rings is 1. The minimum Gasteiger partial charge on any atom is -0.288 e. The second-order valence-electron chi connectivity index (χ2n) is 3.29. The SMILES string of the molecule is Cc1ccc(Cl)c(C(=O)c2cccs2)c1. The molecule has 1 aromatic heterocycles. The highest BCUT2D eigenvalue weighted by molar-refractivity contribution is 7.12. The van der Waals surface area contributed by atoms with E-state index in [0.29, 0.717) is 10.6 Å². The van der Waals surface area contributed by atoms with Gasteiger partial charge in [-0.2, -0.15) is 0 Å². The molecule has 1 aromatic carbocycles. The molecule has 0 saturated carbocycles. The minimum atomic E-state index is -0.00120. The summed E-state index contributed by atoms with van der Waals surface area (Å²) in [6.45, 7) is 1.95. The zero-order valence-electron chi connectivity index (χ0n) is 8.16. The third-order valence-corrected chi connectivity index (χ3v) is 3.31. The molecule has 0 N–H and O–H groups in total. The van der Waals surface area contributed by atoms with Gasteiger partial charge in [0.05, 0.1) is 9.90 Å². The lowest BCUT2D eigenvalue weighted by molar-refractivity contribution is 0.104. The van der Waals surface area contributed by atoms with Crippen molar-refractivity contribution in [3.8, 4) is 0 Å². The highest BCUT2D eigenvalue weighted by Crippen LogP contribution is 2.22. The molecule has 2 rings (SSSR count). The van der Waals surface area contributed by atoms with Crippen molar-refractivity contribution in [2.24, 2.45) is 0 Å². The van der Waals surface area contributed by atoms with Crippen LogP contribution in [-0.4, -0.2) is 5.78 Å². The number of aryl methyl sites for hydroxylation is 1. The minimum absolute atomic E-state index is 0.00120. The molecule has 0 bridgehead atoms. The second-order valence-corrected chi connectivity index (χ2v) is 4.64. The lowest BCUT2D eigenvalue weighted by Gasteiger charge is -2.02. The zero-order chi connectivity index (χ0) is 10.8. The number of thiophene rings is 1. The van der Waals surface area contributed by atoms with Crippen molar-refractivity contribution in [3.63, 3.8) is 0 Å². The van der Waals surface area contributed by atoms with Gasteiger partial charge in [-0.15, -0.1) is 11.3 Å². The van der Waals surface area contributed by atoms with Gasteiger partial charge in [0.15, 0.2) is 0 Å². The van der Waals surface area contributed by atoms with Gasteiger partial charge >= 0.3 is 0 Å². The fraction of sp³-hybridized carbons (Fsp3) is 0.0833. The molecule has 0 radical (unpaired) electrons. The molecular formula is C12H9ClOS. The van der Waals surface area contributed by atoms with Crippen LogP contribution in [0, 0.1) is 6.92 Å². The number of ketones is 1. The van der Waals surface area contributed by atoms with E-state index < -0.39 is 0 Å². The van der Waals surface area contributed by atoms with Crippen LogP contribution in [0.5, 0.6) is 0 Å². The number of hydrogen-bond acceptors (Lipinski definition) is 2. The third kappa shape index (κ3) is 2.11. The monoisotopic (exact) mass is 236 g/mol. The number of carbonyl (C=O) groups is 1. The molecule has 0 aliphatic heterocycles. The van der Waals surface area contributed by atoms with Crippen molar-refractivity contribution in [3.05, 3.63) is 56.7 Å². The summed E-state index contributed by atoms with van der Waals surface area (Å²) in [4.78, 5) is 12.7. The van der Waals surface area contributed by atoms with E-state index >= 15 is 0 Å². The van der Waals surface area contributed by atoms with Crippen LogP contribution in [-0.2, 0) is 0 Å². The molecule has 0 atom stereocenters. The summed E-state index contributed by atoms with van der Waals surface area (Å²) in [6, 6.07) is 9.16. The van der Waals surface area contributed by atoms with Crippen LogP contribution in [0.1, 0.15) is 20.8 Å². The first kappa shape index (κ1) is 10.4. The molecule has 0 aliphatic carbocycles. The van der Waals surface area contributed by atoms with E-state index in [2.05, 4.69) is 0 Å². The first-order valence-corrected chi connectivity index (χ1v) is 5.78. The first-order chi connectivity index (χ1) is 7.18. The molecular weight excluding hydrogens is 228 g/mol. The van der Waals surface area contributed by atoms with E-state index in [0.717, 1.165) is 10.4 Å². The third-order valence-electron chi connectivity index (χ3n) is 2.11. The summed E-state index contributed by atoms with van der Waals surface area (Å²) in [7, 11) is 0. The molecule has 2 aromatic rings. The van der Waals surface area contributed by atoms with Gasteiger partial charge in [0.1, 0.15) is 0 Å². The van der Waals surface area contributed by atoms with Gasteiger partial charge in [-0.05, 0) is 30.5 Å². The van der Waals surface area contributed by atoms with Crippen LogP contribution in [0.4, 0.5) is 0 Å². The number of halogens is 1. The van der Waals surface area contributed by atoms with Crippen LogP contribution in [0.3, 0.4) is 0 Å². The molecule has 0 spiro atoms. The molecule has 0 amide bonds. The van der Waals surface area contributed by atoms with E-state index in [1.165, 1.54) is 11.3 Å². The van der Waals surface area contributed by atoms with Crippen molar-refractivity contribution >= 4 is 28.7 Å². The molecule has 15 heavy (non-hydrogen) atoms. The number of rotatable bonds is 2. The summed E-state index contributed by atoms with van der Waals surface area (Å²) < 4.78 is 0. The lowest BCUT2D eigenvalue weighted by atomic mass is 10.1. The van der Waals surface area contributed by atoms with Gasteiger partial charge < -0.3 is 0 Å². The van der Waals surface area contributed by atoms with Crippen molar-refractivity contribution in [2.75, 3.05) is 0 Å². The average Bonchev–Trinajstić information content (AvgIpc) is 2.74. The number of carbonyl (C=O) groups excluding carboxylic acids is 1. The van der Waals surface area contributed by atoms with Crippen LogP contribution in [0.15, 0.2) is 35.7 Å². The Labute approximate surface area is 97.3 Å². The Hall–Kier alpha value is -1.12. The van der Waals surface area contributed by atoms with Gasteiger partial charge in [0.2, 0.25) is 5.78 Å². The second kappa shape index (κ2) is 4.17. The molecule has 0 fully saturated rings. The predicted octanol–water partition coefficient (Wildman–Crippen LogP) is 3.94. The Kier molecular flexibility index (Phi) is 2.89. The summed E-state index contributed by atoms with van der Waals surface area (Å²) in [5, 5.41) is 2.40. The zero-order valence-corrected chi connectivity index (χ0v) is 9.73. The standard InChI is InChI=1S/C12H9ClOS/c1-8-4-5-10(13)9(7-8)12(14)11-3-2-6-15-11/h2-7H,1H3. The Morgan fingerprint density at radius 1 is 1.33 bits per heavy atom. The number of hydrogen-bond donors (Lipinski definition) is 0. The Balaban J connectivity index is 2.46. The summed E-state index contributed by atoms with van der Waals surface area (Å²) >= 11 is 7.42. The highest BCUT2D eigenvalue weighted by Gasteiger charge is 2.13. The van der Waals surface area contributed by atoms with Gasteiger partial charge in [-0.3, -0.25) is 4.79 Å². The van der Waals surface area contributed by atoms with Gasteiger partial charge in [0, 0.05) is 5.56 Å². The molecule has 1 nitrogen and oxygen atoms in total. The summed E-state index contributed by atoms with van der Waals surface area (Å²) in [5.41, 5.74) is 1.62. The predicted molar refractivity (Wildman–Crippen MR) is 63.9 cm³/mol. The first-order valence-electron chi connectivity index (χ1n) is 4.53. The summed E-state index contributed by atoms with van der Waals surface area (Å²) in [5.74, 6) is -0.00120. The molecule has 0 unspecified atom stereocenters. The highest BCUT2D eigenvalue weighted by atomic mass is 35.5. The molecule has 76 valence electrons. The van der Waals surface area contributed by atoms with Crippen LogP contribution in [0.25, 0.3) is 0 Å². The van der Waals surface area contributed by atoms with Gasteiger partial charge in [-0.25, -0.2) is 0 Å². The normalized spacial score (nSPS) is 10.3. The quantitative estimate of drug-likeness (QED) is 0.722. The largest absolute Gasteiger partial charge is 0.288 e. The van der Waals surface area contributed by atoms with Crippen molar-refractivity contribution in [1.82, 2.24) is 0 Å². The van der Waals surface area contributed by atoms with E-state index in [4.69, 9.17) is 11.6 Å². The maximum absolute atomic E-state index is 12.0. The Bertz CT molecular complexity index is 488. The molecule has 3 heteroatoms. The van der Waals surface area contributed by atoms with Crippen molar-refractivity contribution in [1.29, 1.82) is 0 Å². The van der Waals surface area contributed by atoms with Crippen molar-refractivity contribution in [2.45, 2.75) is 6.92 Å². The fourth-order valence-corrected chi connectivity index (χ4v) is 2.23. The molecule has 0 saturated heterocycles. The van der Waals surface area contributed by atoms with Crippen LogP contribution in [0.2, 0.25) is 5.02 Å². The van der Waals surface area contributed by atoms with Crippen LogP contribution >= 0.6 is 22.9 Å². The van der Waals surface area contributed by atoms with Crippen molar-refractivity contribution < 1.29 is 4.79 Å². The van der Waals surface area contributed by atoms with E-state index in [1.54, 1.807) is 6.07 Å². The Morgan fingerprint density at radius 3 is 2.80 bits per heavy atom. The average molecular weight is 237 g/mol. The van der Waals surface area contributed by atoms with Gasteiger partial charge in [-0.1, -0.05) is 29.3 Å². The smallest absolute Gasteiger partial charge is 0.204 e. The topological polar surface area (TPSA) is 17.1 Å². The summed E-state index contributed by atoms with van der Waals surface area (Å²) in [6.07, 6.45) is 0. The van der Waals surface area contributed by atoms with Gasteiger partial charge in [0.25, 0.3) is 0 Å². The van der Waals surface area contributed by atoms with E-state index in [-0.39, 0.29) is 5.78 Å². The molecule has 0 aliphatic rings. The lowest BCUT2D eigenvalue weighted by Crippen LogP contribution is -1.99. The van der Waals surface area contributed by atoms with E-state index in [9.17, 15) is 4.79 Å². The van der Waals surface area contributed by atoms with Crippen LogP contribution < -0.4 is 0 Å². The Morgan fingerprint density at radius 2 is 2.13 bits per heavy atom.